The zero-order valence-corrected chi connectivity index (χ0v) is 22.0. The van der Waals surface area contributed by atoms with E-state index in [0.29, 0.717) is 45.3 Å². The second kappa shape index (κ2) is 11.0. The minimum atomic E-state index is -0.630. The minimum absolute atomic E-state index is 0.227. The highest BCUT2D eigenvalue weighted by Gasteiger charge is 2.33. The van der Waals surface area contributed by atoms with E-state index in [2.05, 4.69) is 4.99 Å². The summed E-state index contributed by atoms with van der Waals surface area (Å²) in [5.74, 6) is 0.866. The van der Waals surface area contributed by atoms with Gasteiger partial charge in [-0.15, -0.1) is 0 Å². The highest BCUT2D eigenvalue weighted by molar-refractivity contribution is 7.07. The number of carbonyl (C=O) groups excluding carboxylic acids is 1. The molecule has 0 saturated carbocycles. The Labute approximate surface area is 214 Å². The van der Waals surface area contributed by atoms with Crippen molar-refractivity contribution >= 4 is 23.4 Å². The molecule has 0 spiro atoms. The number of rotatable bonds is 8. The monoisotopic (exact) mass is 506 g/mol. The van der Waals surface area contributed by atoms with Crippen molar-refractivity contribution in [2.75, 3.05) is 19.8 Å². The van der Waals surface area contributed by atoms with Crippen LogP contribution in [-0.4, -0.2) is 30.4 Å². The number of ether oxygens (including phenoxy) is 3. The summed E-state index contributed by atoms with van der Waals surface area (Å²) in [6.07, 6.45) is 1.81. The zero-order valence-electron chi connectivity index (χ0n) is 21.2. The topological polar surface area (TPSA) is 79.1 Å². The second-order valence-corrected chi connectivity index (χ2v) is 9.29. The van der Waals surface area contributed by atoms with Gasteiger partial charge in [-0.2, -0.15) is 0 Å². The maximum absolute atomic E-state index is 13.8. The molecule has 0 saturated heterocycles. The number of thiazole rings is 1. The van der Waals surface area contributed by atoms with Gasteiger partial charge < -0.3 is 14.2 Å². The van der Waals surface area contributed by atoms with Crippen LogP contribution in [-0.2, 0) is 9.53 Å². The number of carbonyl (C=O) groups is 1. The van der Waals surface area contributed by atoms with Crippen molar-refractivity contribution in [3.05, 3.63) is 90.1 Å². The number of esters is 1. The molecule has 0 bridgehead atoms. The first kappa shape index (κ1) is 25.4. The number of hydrogen-bond acceptors (Lipinski definition) is 7. The molecule has 0 aliphatic carbocycles. The molecule has 0 fully saturated rings. The van der Waals surface area contributed by atoms with E-state index in [9.17, 15) is 9.59 Å². The molecule has 2 aromatic carbocycles. The van der Waals surface area contributed by atoms with Gasteiger partial charge in [-0.25, -0.2) is 9.79 Å². The van der Waals surface area contributed by atoms with Crippen molar-refractivity contribution in [2.24, 2.45) is 4.99 Å². The second-order valence-electron chi connectivity index (χ2n) is 8.28. The molecule has 1 aliphatic rings. The molecule has 3 aromatic rings. The van der Waals surface area contributed by atoms with Crippen LogP contribution in [0.1, 0.15) is 50.4 Å². The Morgan fingerprint density at radius 3 is 2.42 bits per heavy atom. The van der Waals surface area contributed by atoms with E-state index >= 15 is 0 Å². The summed E-state index contributed by atoms with van der Waals surface area (Å²) in [5, 5.41) is 0. The fraction of sp³-hybridized carbons (Fsp3) is 0.321. The third-order valence-electron chi connectivity index (χ3n) is 5.79. The zero-order chi connectivity index (χ0) is 25.8. The van der Waals surface area contributed by atoms with Gasteiger partial charge in [0.1, 0.15) is 11.5 Å². The average Bonchev–Trinajstić information content (AvgIpc) is 3.15. The molecule has 1 aliphatic heterocycles. The minimum Gasteiger partial charge on any atom is -0.494 e. The summed E-state index contributed by atoms with van der Waals surface area (Å²) in [5.41, 5.74) is 3.36. The smallest absolute Gasteiger partial charge is 0.338 e. The number of aryl methyl sites for hydroxylation is 1. The molecule has 8 heteroatoms. The van der Waals surface area contributed by atoms with Crippen molar-refractivity contribution in [3.8, 4) is 11.5 Å². The van der Waals surface area contributed by atoms with E-state index in [1.54, 1.807) is 24.5 Å². The molecular weight excluding hydrogens is 476 g/mol. The predicted octanol–water partition coefficient (Wildman–Crippen LogP) is 3.90. The summed E-state index contributed by atoms with van der Waals surface area (Å²) in [6, 6.07) is 12.7. The van der Waals surface area contributed by atoms with Crippen LogP contribution in [0.2, 0.25) is 0 Å². The fourth-order valence-electron chi connectivity index (χ4n) is 4.17. The highest BCUT2D eigenvalue weighted by atomic mass is 32.1. The van der Waals surface area contributed by atoms with Gasteiger partial charge in [-0.1, -0.05) is 41.2 Å². The van der Waals surface area contributed by atoms with E-state index in [1.165, 1.54) is 11.3 Å². The van der Waals surface area contributed by atoms with Crippen LogP contribution < -0.4 is 24.4 Å². The molecule has 1 aromatic heterocycles. The quantitative estimate of drug-likeness (QED) is 0.433. The van der Waals surface area contributed by atoms with Gasteiger partial charge in [0.05, 0.1) is 41.7 Å². The van der Waals surface area contributed by atoms with Crippen LogP contribution in [0.4, 0.5) is 0 Å². The third-order valence-corrected chi connectivity index (χ3v) is 6.78. The molecule has 2 heterocycles. The van der Waals surface area contributed by atoms with Gasteiger partial charge in [0.15, 0.2) is 4.80 Å². The van der Waals surface area contributed by atoms with Crippen molar-refractivity contribution in [1.29, 1.82) is 0 Å². The van der Waals surface area contributed by atoms with E-state index in [4.69, 9.17) is 14.2 Å². The summed E-state index contributed by atoms with van der Waals surface area (Å²) in [4.78, 5) is 31.9. The van der Waals surface area contributed by atoms with Crippen LogP contribution >= 0.6 is 11.3 Å². The van der Waals surface area contributed by atoms with Gasteiger partial charge in [-0.05, 0) is 58.4 Å². The van der Waals surface area contributed by atoms with Crippen LogP contribution in [0.15, 0.2) is 63.5 Å². The van der Waals surface area contributed by atoms with Crippen LogP contribution in [0, 0.1) is 6.92 Å². The van der Waals surface area contributed by atoms with Crippen LogP contribution in [0.25, 0.3) is 6.08 Å². The molecule has 7 nitrogen and oxygen atoms in total. The van der Waals surface area contributed by atoms with Gasteiger partial charge in [0.2, 0.25) is 0 Å². The number of allylic oxidation sites excluding steroid dienone is 1. The first-order valence-corrected chi connectivity index (χ1v) is 12.8. The Balaban J connectivity index is 1.91. The number of fused-ring (bicyclic) bond motifs is 1. The number of nitrogens with zero attached hydrogens (tertiary/aromatic N) is 2. The highest BCUT2D eigenvalue weighted by Crippen LogP contribution is 2.31. The SMILES string of the molecule is CCOC(=O)C1=C(C)N=c2s/c(=C/c3ccc(OCC)cc3OCC)c(=O)n2[C@H]1c1ccc(C)cc1. The maximum atomic E-state index is 13.8. The fourth-order valence-corrected chi connectivity index (χ4v) is 5.21. The van der Waals surface area contributed by atoms with Crippen molar-refractivity contribution in [1.82, 2.24) is 4.57 Å². The Morgan fingerprint density at radius 2 is 1.75 bits per heavy atom. The molecule has 0 radical (unpaired) electrons. The predicted molar refractivity (Wildman–Crippen MR) is 140 cm³/mol. The number of aromatic nitrogens is 1. The van der Waals surface area contributed by atoms with Crippen LogP contribution in [0.5, 0.6) is 11.5 Å². The van der Waals surface area contributed by atoms with Crippen molar-refractivity contribution in [3.63, 3.8) is 0 Å². The largest absolute Gasteiger partial charge is 0.494 e. The third kappa shape index (κ3) is 4.99. The van der Waals surface area contributed by atoms with E-state index in [0.717, 1.165) is 16.7 Å². The molecule has 36 heavy (non-hydrogen) atoms. The van der Waals surface area contributed by atoms with Gasteiger partial charge in [0.25, 0.3) is 5.56 Å². The Bertz CT molecular complexity index is 1480. The maximum Gasteiger partial charge on any atom is 0.338 e. The number of hydrogen-bond donors (Lipinski definition) is 0. The number of benzene rings is 2. The lowest BCUT2D eigenvalue weighted by Gasteiger charge is -2.24. The van der Waals surface area contributed by atoms with E-state index in [1.807, 2.05) is 63.2 Å². The molecule has 1 atom stereocenters. The van der Waals surface area contributed by atoms with Crippen LogP contribution in [0.3, 0.4) is 0 Å². The molecule has 0 N–H and O–H groups in total. The van der Waals surface area contributed by atoms with E-state index in [-0.39, 0.29) is 12.2 Å². The summed E-state index contributed by atoms with van der Waals surface area (Å²) < 4.78 is 18.9. The first-order valence-electron chi connectivity index (χ1n) is 12.0. The molecular formula is C28H30N2O5S. The normalized spacial score (nSPS) is 15.4. The van der Waals surface area contributed by atoms with Crippen molar-refractivity contribution in [2.45, 2.75) is 40.7 Å². The summed E-state index contributed by atoms with van der Waals surface area (Å²) in [7, 11) is 0. The molecule has 0 unspecified atom stereocenters. The Kier molecular flexibility index (Phi) is 7.74. The van der Waals surface area contributed by atoms with E-state index < -0.39 is 12.0 Å². The van der Waals surface area contributed by atoms with Gasteiger partial charge in [0, 0.05) is 11.6 Å². The lowest BCUT2D eigenvalue weighted by molar-refractivity contribution is -0.139. The van der Waals surface area contributed by atoms with Gasteiger partial charge >= 0.3 is 5.97 Å². The lowest BCUT2D eigenvalue weighted by atomic mass is 9.95. The molecule has 4 rings (SSSR count). The molecule has 0 amide bonds. The molecule has 188 valence electrons. The standard InChI is InChI=1S/C28H30N2O5S/c1-6-33-21-14-13-20(22(16-21)34-7-2)15-23-26(31)30-25(19-11-9-17(4)10-12-19)24(27(32)35-8-3)18(5)29-28(30)36-23/h9-16,25H,6-8H2,1-5H3/b23-15+/t25-/m0/s1. The first-order chi connectivity index (χ1) is 17.4. The van der Waals surface area contributed by atoms with Crippen molar-refractivity contribution < 1.29 is 19.0 Å². The lowest BCUT2D eigenvalue weighted by Crippen LogP contribution is -2.39. The Morgan fingerprint density at radius 1 is 1.03 bits per heavy atom. The Hall–Kier alpha value is -3.65. The average molecular weight is 507 g/mol. The summed E-state index contributed by atoms with van der Waals surface area (Å²) in [6.45, 7) is 10.6. The summed E-state index contributed by atoms with van der Waals surface area (Å²) >= 11 is 1.29. The van der Waals surface area contributed by atoms with Gasteiger partial charge in [-0.3, -0.25) is 9.36 Å².